The van der Waals surface area contributed by atoms with Crippen molar-refractivity contribution in [3.63, 3.8) is 0 Å². The third-order valence-electron chi connectivity index (χ3n) is 3.98. The molecule has 3 rings (SSSR count). The van der Waals surface area contributed by atoms with Crippen molar-refractivity contribution in [1.29, 1.82) is 0 Å². The Balaban J connectivity index is 1.56. The van der Waals surface area contributed by atoms with Crippen molar-refractivity contribution in [2.45, 2.75) is 18.7 Å². The van der Waals surface area contributed by atoms with E-state index in [0.29, 0.717) is 17.3 Å². The summed E-state index contributed by atoms with van der Waals surface area (Å²) in [6, 6.07) is 1.70. The highest BCUT2D eigenvalue weighted by Crippen LogP contribution is 2.31. The van der Waals surface area contributed by atoms with Gasteiger partial charge in [-0.3, -0.25) is 14.5 Å². The molecule has 0 N–H and O–H groups in total. The standard InChI is InChI=1S/C15H14F3N3O3S2/c16-15(17,18)9-1-3-19-11(5-9)24-10-2-4-20(6-10)12(22)7-21-13(23)8-26-14(21)25/h1,3,5,10H,2,4,6-8H2. The predicted molar refractivity (Wildman–Crippen MR) is 91.6 cm³/mol. The number of alkyl halides is 3. The molecule has 0 spiro atoms. The Bertz CT molecular complexity index is 728. The molecule has 2 saturated heterocycles. The molecule has 1 aromatic rings. The average Bonchev–Trinajstić information content (AvgIpc) is 3.16. The highest BCUT2D eigenvalue weighted by molar-refractivity contribution is 8.23. The van der Waals surface area contributed by atoms with Gasteiger partial charge in [0.2, 0.25) is 17.7 Å². The van der Waals surface area contributed by atoms with E-state index in [0.717, 1.165) is 18.3 Å². The van der Waals surface area contributed by atoms with Gasteiger partial charge >= 0.3 is 6.18 Å². The number of thioether (sulfide) groups is 1. The molecular weight excluding hydrogens is 391 g/mol. The smallest absolute Gasteiger partial charge is 0.416 e. The summed E-state index contributed by atoms with van der Waals surface area (Å²) < 4.78 is 44.0. The molecule has 0 aromatic carbocycles. The molecule has 2 aliphatic rings. The maximum Gasteiger partial charge on any atom is 0.416 e. The van der Waals surface area contributed by atoms with E-state index in [4.69, 9.17) is 17.0 Å². The van der Waals surface area contributed by atoms with E-state index < -0.39 is 17.8 Å². The van der Waals surface area contributed by atoms with Crippen molar-refractivity contribution in [2.24, 2.45) is 0 Å². The van der Waals surface area contributed by atoms with Crippen LogP contribution in [0.5, 0.6) is 5.88 Å². The van der Waals surface area contributed by atoms with Gasteiger partial charge in [-0.05, 0) is 6.07 Å². The Hall–Kier alpha value is -1.88. The molecule has 26 heavy (non-hydrogen) atoms. The zero-order chi connectivity index (χ0) is 18.9. The topological polar surface area (TPSA) is 62.7 Å². The van der Waals surface area contributed by atoms with Crippen LogP contribution in [0.2, 0.25) is 0 Å². The van der Waals surface area contributed by atoms with Gasteiger partial charge in [0.15, 0.2) is 0 Å². The molecule has 2 aliphatic heterocycles. The maximum atomic E-state index is 12.7. The molecule has 2 fully saturated rings. The van der Waals surface area contributed by atoms with Crippen molar-refractivity contribution < 1.29 is 27.5 Å². The first kappa shape index (κ1) is 18.9. The van der Waals surface area contributed by atoms with Crippen molar-refractivity contribution in [1.82, 2.24) is 14.8 Å². The van der Waals surface area contributed by atoms with Crippen molar-refractivity contribution in [2.75, 3.05) is 25.4 Å². The maximum absolute atomic E-state index is 12.7. The summed E-state index contributed by atoms with van der Waals surface area (Å²) in [5.74, 6) is -0.370. The van der Waals surface area contributed by atoms with Crippen LogP contribution in [-0.4, -0.2) is 62.4 Å². The monoisotopic (exact) mass is 405 g/mol. The number of thiocarbonyl (C=S) groups is 1. The van der Waals surface area contributed by atoms with Crippen molar-refractivity contribution >= 4 is 40.1 Å². The van der Waals surface area contributed by atoms with Gasteiger partial charge in [0, 0.05) is 25.2 Å². The largest absolute Gasteiger partial charge is 0.472 e. The first-order valence-electron chi connectivity index (χ1n) is 7.69. The van der Waals surface area contributed by atoms with Gasteiger partial charge in [0.1, 0.15) is 17.0 Å². The Morgan fingerprint density at radius 3 is 2.88 bits per heavy atom. The fourth-order valence-electron chi connectivity index (χ4n) is 2.64. The number of rotatable bonds is 4. The fourth-order valence-corrected chi connectivity index (χ4v) is 3.71. The van der Waals surface area contributed by atoms with E-state index in [9.17, 15) is 22.8 Å². The zero-order valence-corrected chi connectivity index (χ0v) is 15.0. The Kier molecular flexibility index (Phi) is 5.37. The fraction of sp³-hybridized carbons (Fsp3) is 0.467. The Morgan fingerprint density at radius 2 is 2.23 bits per heavy atom. The van der Waals surface area contributed by atoms with Gasteiger partial charge in [-0.2, -0.15) is 13.2 Å². The quantitative estimate of drug-likeness (QED) is 0.714. The highest BCUT2D eigenvalue weighted by atomic mass is 32.2. The molecule has 2 amide bonds. The number of halogens is 3. The van der Waals surface area contributed by atoms with E-state index in [1.807, 2.05) is 0 Å². The number of hydrogen-bond acceptors (Lipinski definition) is 6. The first-order chi connectivity index (χ1) is 12.2. The third-order valence-corrected chi connectivity index (χ3v) is 5.41. The van der Waals surface area contributed by atoms with Crippen molar-refractivity contribution in [3.05, 3.63) is 23.9 Å². The van der Waals surface area contributed by atoms with E-state index in [2.05, 4.69) is 4.98 Å². The average molecular weight is 405 g/mol. The highest BCUT2D eigenvalue weighted by Gasteiger charge is 2.34. The molecular formula is C15H14F3N3O3S2. The van der Waals surface area contributed by atoms with Crippen LogP contribution >= 0.6 is 24.0 Å². The summed E-state index contributed by atoms with van der Waals surface area (Å²) >= 11 is 6.25. The summed E-state index contributed by atoms with van der Waals surface area (Å²) in [5, 5.41) is 0. The molecule has 1 atom stereocenters. The number of ether oxygens (including phenoxy) is 1. The van der Waals surface area contributed by atoms with E-state index in [1.54, 1.807) is 0 Å². The number of nitrogens with zero attached hydrogens (tertiary/aromatic N) is 3. The second-order valence-electron chi connectivity index (χ2n) is 5.78. The van der Waals surface area contributed by atoms with Crippen molar-refractivity contribution in [3.8, 4) is 5.88 Å². The predicted octanol–water partition coefficient (Wildman–Crippen LogP) is 1.94. The number of aromatic nitrogens is 1. The molecule has 1 aromatic heterocycles. The number of carbonyl (C=O) groups is 2. The van der Waals surface area contributed by atoms with Crippen LogP contribution in [0.15, 0.2) is 18.3 Å². The van der Waals surface area contributed by atoms with E-state index in [1.165, 1.54) is 21.6 Å². The second kappa shape index (κ2) is 7.39. The lowest BCUT2D eigenvalue weighted by Crippen LogP contribution is -2.41. The summed E-state index contributed by atoms with van der Waals surface area (Å²) in [5.41, 5.74) is -0.841. The molecule has 0 aliphatic carbocycles. The minimum Gasteiger partial charge on any atom is -0.472 e. The van der Waals surface area contributed by atoms with Gasteiger partial charge in [-0.15, -0.1) is 0 Å². The number of carbonyl (C=O) groups excluding carboxylic acids is 2. The van der Waals surface area contributed by atoms with Gasteiger partial charge in [-0.1, -0.05) is 24.0 Å². The van der Waals surface area contributed by atoms with Crippen LogP contribution in [0.1, 0.15) is 12.0 Å². The summed E-state index contributed by atoms with van der Waals surface area (Å²) in [6.07, 6.45) is -3.42. The summed E-state index contributed by atoms with van der Waals surface area (Å²) in [4.78, 5) is 30.6. The SMILES string of the molecule is O=C(CN1C(=O)CSC1=S)N1CCC(Oc2cc(C(F)(F)F)ccn2)C1. The summed E-state index contributed by atoms with van der Waals surface area (Å²) in [6.45, 7) is 0.488. The van der Waals surface area contributed by atoms with Gasteiger partial charge in [-0.25, -0.2) is 4.98 Å². The van der Waals surface area contributed by atoms with Crippen LogP contribution in [-0.2, 0) is 15.8 Å². The second-order valence-corrected chi connectivity index (χ2v) is 7.39. The third kappa shape index (κ3) is 4.26. The van der Waals surface area contributed by atoms with Crippen LogP contribution in [0.3, 0.4) is 0 Å². The van der Waals surface area contributed by atoms with Crippen LogP contribution in [0.4, 0.5) is 13.2 Å². The summed E-state index contributed by atoms with van der Waals surface area (Å²) in [7, 11) is 0. The molecule has 140 valence electrons. The molecule has 0 bridgehead atoms. The lowest BCUT2D eigenvalue weighted by Gasteiger charge is -2.21. The van der Waals surface area contributed by atoms with Gasteiger partial charge in [0.25, 0.3) is 0 Å². The van der Waals surface area contributed by atoms with Crippen LogP contribution in [0, 0.1) is 0 Å². The number of hydrogen-bond donors (Lipinski definition) is 0. The lowest BCUT2D eigenvalue weighted by molar-refractivity contribution is -0.137. The molecule has 0 saturated carbocycles. The number of likely N-dealkylation sites (tertiary alicyclic amines) is 1. The molecule has 0 radical (unpaired) electrons. The molecule has 3 heterocycles. The van der Waals surface area contributed by atoms with E-state index >= 15 is 0 Å². The Morgan fingerprint density at radius 1 is 1.46 bits per heavy atom. The van der Waals surface area contributed by atoms with Crippen LogP contribution < -0.4 is 4.74 Å². The molecule has 6 nitrogen and oxygen atoms in total. The number of amides is 2. The minimum atomic E-state index is -4.47. The van der Waals surface area contributed by atoms with Gasteiger partial charge in [0.05, 0.1) is 17.9 Å². The minimum absolute atomic E-state index is 0.126. The van der Waals surface area contributed by atoms with E-state index in [-0.39, 0.29) is 36.5 Å². The number of pyridine rings is 1. The molecule has 1 unspecified atom stereocenters. The molecule has 11 heteroatoms. The zero-order valence-electron chi connectivity index (χ0n) is 13.4. The van der Waals surface area contributed by atoms with Crippen LogP contribution in [0.25, 0.3) is 0 Å². The normalized spacial score (nSPS) is 20.8. The Labute approximate surface area is 156 Å². The first-order valence-corrected chi connectivity index (χ1v) is 9.08. The van der Waals surface area contributed by atoms with Gasteiger partial charge < -0.3 is 9.64 Å². The lowest BCUT2D eigenvalue weighted by atomic mass is 10.2.